The standard InChI is InChI=1S/C15H17N2.C2H6.W/c1-5-11-16-15-12(2)9-7-6-8-10-13(3)17-14(15)4;1-2;/h5-8,10-11H,1H2,2-4H3;1-2H3;/q-1;;. The number of aryl methyl sites for hydroxylation is 3. The zero-order valence-electron chi connectivity index (χ0n) is 13.0. The summed E-state index contributed by atoms with van der Waals surface area (Å²) >= 11 is 0. The van der Waals surface area contributed by atoms with Crippen LogP contribution < -0.4 is 0 Å². The fourth-order valence-corrected chi connectivity index (χ4v) is 1.44. The number of allylic oxidation sites excluding steroid dienone is 1. The van der Waals surface area contributed by atoms with Gasteiger partial charge in [0.15, 0.2) is 0 Å². The van der Waals surface area contributed by atoms with Gasteiger partial charge in [-0.3, -0.25) is 4.98 Å². The van der Waals surface area contributed by atoms with Gasteiger partial charge in [-0.05, 0) is 19.5 Å². The average molecular weight is 439 g/mol. The van der Waals surface area contributed by atoms with Crippen molar-refractivity contribution >= 4 is 11.9 Å². The van der Waals surface area contributed by atoms with Crippen LogP contribution in [0.25, 0.3) is 0 Å². The Hall–Kier alpha value is -1.27. The van der Waals surface area contributed by atoms with E-state index in [4.69, 9.17) is 0 Å². The van der Waals surface area contributed by atoms with Crippen LogP contribution in [0.1, 0.15) is 30.8 Å². The van der Waals surface area contributed by atoms with Crippen molar-refractivity contribution in [3.63, 3.8) is 0 Å². The topological polar surface area (TPSA) is 25.2 Å². The maximum Gasteiger partial charge on any atom is 0.0353 e. The van der Waals surface area contributed by atoms with Gasteiger partial charge in [0.2, 0.25) is 0 Å². The van der Waals surface area contributed by atoms with Gasteiger partial charge >= 0.3 is 0 Å². The second-order valence-corrected chi connectivity index (χ2v) is 3.69. The van der Waals surface area contributed by atoms with E-state index in [1.54, 1.807) is 12.3 Å². The maximum atomic E-state index is 4.49. The van der Waals surface area contributed by atoms with Crippen molar-refractivity contribution in [3.8, 4) is 0 Å². The van der Waals surface area contributed by atoms with Gasteiger partial charge in [0.05, 0.1) is 0 Å². The summed E-state index contributed by atoms with van der Waals surface area (Å²) in [5.74, 6) is 0. The molecule has 0 aliphatic heterocycles. The van der Waals surface area contributed by atoms with Crippen LogP contribution in [0.2, 0.25) is 0 Å². The quantitative estimate of drug-likeness (QED) is 0.478. The van der Waals surface area contributed by atoms with Gasteiger partial charge in [0.1, 0.15) is 0 Å². The molecule has 108 valence electrons. The summed E-state index contributed by atoms with van der Waals surface area (Å²) in [6.45, 7) is 13.5. The molecule has 1 rings (SSSR count). The molecule has 0 fully saturated rings. The number of aliphatic imine (C=N–C) groups is 1. The van der Waals surface area contributed by atoms with Crippen LogP contribution in [-0.4, -0.2) is 11.2 Å². The first kappa shape index (κ1) is 21.0. The van der Waals surface area contributed by atoms with Crippen LogP contribution in [0.5, 0.6) is 0 Å². The van der Waals surface area contributed by atoms with Gasteiger partial charge in [-0.25, -0.2) is 0 Å². The first-order valence-corrected chi connectivity index (χ1v) is 6.50. The third-order valence-corrected chi connectivity index (χ3v) is 2.20. The van der Waals surface area contributed by atoms with Crippen LogP contribution in [0.3, 0.4) is 0 Å². The monoisotopic (exact) mass is 439 g/mol. The molecule has 3 heteroatoms. The molecular formula is C17H23N2W-. The van der Waals surface area contributed by atoms with Crippen molar-refractivity contribution in [2.45, 2.75) is 34.6 Å². The molecule has 0 saturated carbocycles. The molecule has 2 nitrogen and oxygen atoms in total. The van der Waals surface area contributed by atoms with Crippen molar-refractivity contribution in [1.82, 2.24) is 4.98 Å². The second kappa shape index (κ2) is 12.7. The molecule has 0 atom stereocenters. The zero-order valence-corrected chi connectivity index (χ0v) is 15.9. The SMILES string of the molecule is C=CC=Nc1c(C)[c-]ccccc(C)nc1C.CC.[W]. The average Bonchev–Trinajstić information content (AvgIpc) is 2.40. The number of aromatic nitrogens is 1. The van der Waals surface area contributed by atoms with E-state index >= 15 is 0 Å². The molecular weight excluding hydrogens is 416 g/mol. The third-order valence-electron chi connectivity index (χ3n) is 2.20. The predicted octanol–water partition coefficient (Wildman–Crippen LogP) is 4.84. The number of nitrogens with zero attached hydrogens (tertiary/aromatic N) is 2. The molecule has 1 aromatic rings. The molecule has 0 saturated heterocycles. The number of rotatable bonds is 2. The molecule has 1 heterocycles. The van der Waals surface area contributed by atoms with Crippen molar-refractivity contribution in [1.29, 1.82) is 0 Å². The summed E-state index contributed by atoms with van der Waals surface area (Å²) < 4.78 is 0. The molecule has 20 heavy (non-hydrogen) atoms. The van der Waals surface area contributed by atoms with Gasteiger partial charge in [-0.1, -0.05) is 39.5 Å². The van der Waals surface area contributed by atoms with Gasteiger partial charge < -0.3 is 4.99 Å². The second-order valence-electron chi connectivity index (χ2n) is 3.69. The van der Waals surface area contributed by atoms with Crippen molar-refractivity contribution < 1.29 is 21.1 Å². The first-order chi connectivity index (χ1) is 9.15. The Morgan fingerprint density at radius 2 is 1.85 bits per heavy atom. The van der Waals surface area contributed by atoms with E-state index in [-0.39, 0.29) is 21.1 Å². The molecule has 0 N–H and O–H groups in total. The van der Waals surface area contributed by atoms with Crippen molar-refractivity contribution in [2.24, 2.45) is 4.99 Å². The molecule has 1 aromatic heterocycles. The Kier molecular flexibility index (Phi) is 13.4. The van der Waals surface area contributed by atoms with E-state index in [2.05, 4.69) is 22.6 Å². The summed E-state index contributed by atoms with van der Waals surface area (Å²) in [6.07, 6.45) is 3.32. The minimum absolute atomic E-state index is 0. The molecule has 0 radical (unpaired) electrons. The Balaban J connectivity index is 0. The molecule has 0 aliphatic carbocycles. The minimum atomic E-state index is 0. The maximum absolute atomic E-state index is 4.49. The van der Waals surface area contributed by atoms with Gasteiger partial charge in [-0.15, -0.1) is 11.6 Å². The predicted molar refractivity (Wildman–Crippen MR) is 84.6 cm³/mol. The van der Waals surface area contributed by atoms with E-state index in [1.807, 2.05) is 58.9 Å². The van der Waals surface area contributed by atoms with E-state index < -0.39 is 0 Å². The Labute approximate surface area is 137 Å². The van der Waals surface area contributed by atoms with E-state index in [1.165, 1.54) is 0 Å². The van der Waals surface area contributed by atoms with Crippen molar-refractivity contribution in [3.05, 3.63) is 59.9 Å². The van der Waals surface area contributed by atoms with Gasteiger partial charge in [-0.2, -0.15) is 18.2 Å². The smallest absolute Gasteiger partial charge is 0.0353 e. The third kappa shape index (κ3) is 8.01. The summed E-state index contributed by atoms with van der Waals surface area (Å²) in [4.78, 5) is 8.83. The van der Waals surface area contributed by atoms with Crippen LogP contribution in [0, 0.1) is 26.8 Å². The fraction of sp³-hybridized carbons (Fsp3) is 0.294. The first-order valence-electron chi connectivity index (χ1n) is 6.50. The van der Waals surface area contributed by atoms with E-state index in [0.29, 0.717) is 0 Å². The Morgan fingerprint density at radius 3 is 2.45 bits per heavy atom. The molecule has 0 unspecified atom stereocenters. The Bertz CT molecular complexity index is 493. The molecule has 0 bridgehead atoms. The number of hydrogen-bond acceptors (Lipinski definition) is 2. The van der Waals surface area contributed by atoms with Crippen LogP contribution in [0.4, 0.5) is 5.69 Å². The van der Waals surface area contributed by atoms with Crippen LogP contribution in [-0.2, 0) is 21.1 Å². The fourth-order valence-electron chi connectivity index (χ4n) is 1.44. The van der Waals surface area contributed by atoms with Crippen LogP contribution >= 0.6 is 0 Å². The zero-order chi connectivity index (χ0) is 14.7. The van der Waals surface area contributed by atoms with Crippen molar-refractivity contribution in [2.75, 3.05) is 0 Å². The van der Waals surface area contributed by atoms with Gasteiger partial charge in [0.25, 0.3) is 0 Å². The Morgan fingerprint density at radius 1 is 1.20 bits per heavy atom. The largest absolute Gasteiger partial charge is 0.318 e. The normalized spacial score (nSPS) is 8.85. The minimum Gasteiger partial charge on any atom is -0.318 e. The molecule has 0 amide bonds. The summed E-state index contributed by atoms with van der Waals surface area (Å²) in [5.41, 5.74) is 3.63. The van der Waals surface area contributed by atoms with Gasteiger partial charge in [0, 0.05) is 38.7 Å². The van der Waals surface area contributed by atoms with E-state index in [0.717, 1.165) is 22.6 Å². The summed E-state index contributed by atoms with van der Waals surface area (Å²) in [5, 5.41) is 0. The molecule has 0 aromatic carbocycles. The summed E-state index contributed by atoms with van der Waals surface area (Å²) in [6, 6.07) is 10.9. The van der Waals surface area contributed by atoms with Crippen LogP contribution in [0.15, 0.2) is 41.9 Å². The summed E-state index contributed by atoms with van der Waals surface area (Å²) in [7, 11) is 0. The molecule has 0 spiro atoms. The molecule has 0 aliphatic rings. The number of hydrogen-bond donors (Lipinski definition) is 0. The van der Waals surface area contributed by atoms with E-state index in [9.17, 15) is 0 Å².